The van der Waals surface area contributed by atoms with Gasteiger partial charge < -0.3 is 4.74 Å². The van der Waals surface area contributed by atoms with E-state index in [4.69, 9.17) is 4.74 Å². The zero-order valence-electron chi connectivity index (χ0n) is 17.1. The predicted octanol–water partition coefficient (Wildman–Crippen LogP) is 6.87. The fourth-order valence-corrected chi connectivity index (χ4v) is 4.52. The molecule has 2 amide bonds. The largest absolute Gasteiger partial charge is 0.457 e. The smallest absolute Gasteiger partial charge is 0.293 e. The molecule has 0 aromatic heterocycles. The Labute approximate surface area is 190 Å². The molecule has 0 atom stereocenters. The van der Waals surface area contributed by atoms with E-state index in [-0.39, 0.29) is 17.7 Å². The van der Waals surface area contributed by atoms with Crippen LogP contribution in [-0.2, 0) is 11.3 Å². The third kappa shape index (κ3) is 4.15. The summed E-state index contributed by atoms with van der Waals surface area (Å²) in [7, 11) is 0. The van der Waals surface area contributed by atoms with Crippen molar-refractivity contribution >= 4 is 39.8 Å². The number of fused-ring (bicyclic) bond motifs is 1. The molecule has 0 saturated carbocycles. The molecular formula is C27H19NO3S. The second kappa shape index (κ2) is 8.73. The summed E-state index contributed by atoms with van der Waals surface area (Å²) in [5.74, 6) is 1.13. The van der Waals surface area contributed by atoms with Crippen LogP contribution in [0, 0.1) is 0 Å². The molecule has 1 heterocycles. The number of carbonyl (C=O) groups is 2. The normalized spacial score (nSPS) is 15.0. The summed E-state index contributed by atoms with van der Waals surface area (Å²) in [6.07, 6.45) is 1.74. The van der Waals surface area contributed by atoms with Crippen molar-refractivity contribution in [3.63, 3.8) is 0 Å². The van der Waals surface area contributed by atoms with Crippen LogP contribution in [0.4, 0.5) is 4.79 Å². The Hall–Kier alpha value is -3.83. The van der Waals surface area contributed by atoms with Gasteiger partial charge in [-0.3, -0.25) is 14.5 Å². The van der Waals surface area contributed by atoms with Crippen molar-refractivity contribution in [2.24, 2.45) is 0 Å². The van der Waals surface area contributed by atoms with Gasteiger partial charge in [-0.05, 0) is 64.0 Å². The summed E-state index contributed by atoms with van der Waals surface area (Å²) in [6.45, 7) is 0.251. The highest BCUT2D eigenvalue weighted by atomic mass is 32.2. The van der Waals surface area contributed by atoms with Crippen LogP contribution in [0.5, 0.6) is 11.5 Å². The molecule has 0 N–H and O–H groups in total. The maximum absolute atomic E-state index is 13.0. The minimum absolute atomic E-state index is 0.251. The van der Waals surface area contributed by atoms with Crippen molar-refractivity contribution in [2.45, 2.75) is 6.54 Å². The van der Waals surface area contributed by atoms with Crippen LogP contribution in [0.1, 0.15) is 11.1 Å². The highest BCUT2D eigenvalue weighted by Crippen LogP contribution is 2.35. The van der Waals surface area contributed by atoms with E-state index in [1.54, 1.807) is 6.08 Å². The van der Waals surface area contributed by atoms with Crippen molar-refractivity contribution in [1.82, 2.24) is 4.90 Å². The topological polar surface area (TPSA) is 46.6 Å². The SMILES string of the molecule is O=C1S/C(=C\c2cccc(Oc3ccccc3)c2)C(=O)N1Cc1cccc2ccccc12. The summed E-state index contributed by atoms with van der Waals surface area (Å²) >= 11 is 0.969. The van der Waals surface area contributed by atoms with E-state index in [0.717, 1.165) is 39.4 Å². The summed E-state index contributed by atoms with van der Waals surface area (Å²) in [6, 6.07) is 30.9. The minimum Gasteiger partial charge on any atom is -0.457 e. The van der Waals surface area contributed by atoms with E-state index in [2.05, 4.69) is 0 Å². The highest BCUT2D eigenvalue weighted by Gasteiger charge is 2.35. The lowest BCUT2D eigenvalue weighted by molar-refractivity contribution is -0.123. The summed E-state index contributed by atoms with van der Waals surface area (Å²) < 4.78 is 5.87. The van der Waals surface area contributed by atoms with Crippen molar-refractivity contribution in [1.29, 1.82) is 0 Å². The van der Waals surface area contributed by atoms with Crippen LogP contribution in [0.3, 0.4) is 0 Å². The van der Waals surface area contributed by atoms with Gasteiger partial charge in [0.1, 0.15) is 11.5 Å². The van der Waals surface area contributed by atoms with Crippen LogP contribution in [0.2, 0.25) is 0 Å². The first-order chi connectivity index (χ1) is 15.7. The Morgan fingerprint density at radius 3 is 2.38 bits per heavy atom. The van der Waals surface area contributed by atoms with Crippen molar-refractivity contribution in [3.8, 4) is 11.5 Å². The fraction of sp³-hybridized carbons (Fsp3) is 0.0370. The van der Waals surface area contributed by atoms with Crippen LogP contribution >= 0.6 is 11.8 Å². The number of ether oxygens (including phenoxy) is 1. The van der Waals surface area contributed by atoms with Gasteiger partial charge in [0.15, 0.2) is 0 Å². The first kappa shape index (κ1) is 20.1. The van der Waals surface area contributed by atoms with Gasteiger partial charge in [-0.15, -0.1) is 0 Å². The molecule has 4 nitrogen and oxygen atoms in total. The molecular weight excluding hydrogens is 418 g/mol. The van der Waals surface area contributed by atoms with E-state index in [1.165, 1.54) is 4.90 Å². The molecule has 32 heavy (non-hydrogen) atoms. The fourth-order valence-electron chi connectivity index (χ4n) is 3.68. The van der Waals surface area contributed by atoms with Gasteiger partial charge in [0.2, 0.25) is 0 Å². The number of benzene rings is 4. The Balaban J connectivity index is 1.37. The zero-order chi connectivity index (χ0) is 21.9. The van der Waals surface area contributed by atoms with Crippen LogP contribution in [0.15, 0.2) is 102 Å². The molecule has 0 spiro atoms. The number of amides is 2. The molecule has 5 heteroatoms. The lowest BCUT2D eigenvalue weighted by Crippen LogP contribution is -2.27. The number of thioether (sulfide) groups is 1. The Kier molecular flexibility index (Phi) is 5.48. The molecule has 0 aliphatic carbocycles. The van der Waals surface area contributed by atoms with E-state index in [1.807, 2.05) is 97.1 Å². The average molecular weight is 438 g/mol. The number of para-hydroxylation sites is 1. The first-order valence-corrected chi connectivity index (χ1v) is 11.0. The van der Waals surface area contributed by atoms with E-state index >= 15 is 0 Å². The van der Waals surface area contributed by atoms with Gasteiger partial charge >= 0.3 is 0 Å². The summed E-state index contributed by atoms with van der Waals surface area (Å²) in [5.41, 5.74) is 1.75. The lowest BCUT2D eigenvalue weighted by Gasteiger charge is -2.14. The molecule has 5 rings (SSSR count). The van der Waals surface area contributed by atoms with Crippen LogP contribution in [-0.4, -0.2) is 16.0 Å². The van der Waals surface area contributed by atoms with E-state index in [0.29, 0.717) is 10.7 Å². The van der Waals surface area contributed by atoms with Crippen LogP contribution in [0.25, 0.3) is 16.8 Å². The number of hydrogen-bond acceptors (Lipinski definition) is 4. The van der Waals surface area contributed by atoms with Gasteiger partial charge in [0, 0.05) is 0 Å². The number of imide groups is 1. The Morgan fingerprint density at radius 2 is 1.50 bits per heavy atom. The molecule has 156 valence electrons. The predicted molar refractivity (Wildman–Crippen MR) is 128 cm³/mol. The van der Waals surface area contributed by atoms with Gasteiger partial charge in [-0.25, -0.2) is 0 Å². The molecule has 4 aromatic carbocycles. The third-order valence-corrected chi connectivity index (χ3v) is 6.12. The van der Waals surface area contributed by atoms with Gasteiger partial charge in [-0.1, -0.05) is 72.8 Å². The molecule has 1 fully saturated rings. The van der Waals surface area contributed by atoms with Crippen molar-refractivity contribution < 1.29 is 14.3 Å². The number of nitrogens with zero attached hydrogens (tertiary/aromatic N) is 1. The summed E-state index contributed by atoms with van der Waals surface area (Å²) in [5, 5.41) is 1.87. The molecule has 4 aromatic rings. The second-order valence-electron chi connectivity index (χ2n) is 7.39. The molecule has 0 bridgehead atoms. The minimum atomic E-state index is -0.276. The third-order valence-electron chi connectivity index (χ3n) is 5.22. The molecule has 1 aliphatic heterocycles. The maximum Gasteiger partial charge on any atom is 0.293 e. The Morgan fingerprint density at radius 1 is 0.781 bits per heavy atom. The molecule has 0 radical (unpaired) electrons. The van der Waals surface area contributed by atoms with Gasteiger partial charge in [-0.2, -0.15) is 0 Å². The molecule has 1 aliphatic rings. The number of carbonyl (C=O) groups excluding carboxylic acids is 2. The van der Waals surface area contributed by atoms with Crippen molar-refractivity contribution in [3.05, 3.63) is 113 Å². The molecule has 1 saturated heterocycles. The highest BCUT2D eigenvalue weighted by molar-refractivity contribution is 8.18. The average Bonchev–Trinajstić information content (AvgIpc) is 3.07. The lowest BCUT2D eigenvalue weighted by atomic mass is 10.0. The van der Waals surface area contributed by atoms with Crippen molar-refractivity contribution in [2.75, 3.05) is 0 Å². The number of hydrogen-bond donors (Lipinski definition) is 0. The second-order valence-corrected chi connectivity index (χ2v) is 8.39. The monoisotopic (exact) mass is 437 g/mol. The quantitative estimate of drug-likeness (QED) is 0.320. The Bertz CT molecular complexity index is 1340. The zero-order valence-corrected chi connectivity index (χ0v) is 17.9. The first-order valence-electron chi connectivity index (χ1n) is 10.2. The van der Waals surface area contributed by atoms with E-state index < -0.39 is 0 Å². The molecule has 0 unspecified atom stereocenters. The van der Waals surface area contributed by atoms with Gasteiger partial charge in [0.25, 0.3) is 11.1 Å². The van der Waals surface area contributed by atoms with Gasteiger partial charge in [0.05, 0.1) is 11.4 Å². The number of rotatable bonds is 5. The summed E-state index contributed by atoms with van der Waals surface area (Å²) in [4.78, 5) is 27.4. The standard InChI is InChI=1S/C27H19NO3S/c29-26-25(17-19-8-6-14-23(16-19)31-22-12-2-1-3-13-22)32-27(30)28(26)18-21-11-7-10-20-9-4-5-15-24(20)21/h1-17H,18H2/b25-17-. The maximum atomic E-state index is 13.0. The van der Waals surface area contributed by atoms with Crippen LogP contribution < -0.4 is 4.74 Å². The van der Waals surface area contributed by atoms with E-state index in [9.17, 15) is 9.59 Å².